The number of fused-ring (bicyclic) bond motifs is 1. The summed E-state index contributed by atoms with van der Waals surface area (Å²) in [6.07, 6.45) is 3.64. The zero-order chi connectivity index (χ0) is 17.4. The summed E-state index contributed by atoms with van der Waals surface area (Å²) < 4.78 is 1.05. The third-order valence-corrected chi connectivity index (χ3v) is 5.80. The van der Waals surface area contributed by atoms with E-state index in [2.05, 4.69) is 15.5 Å². The molecule has 2 atom stereocenters. The number of benzene rings is 1. The summed E-state index contributed by atoms with van der Waals surface area (Å²) in [5.74, 6) is 0.946. The van der Waals surface area contributed by atoms with Crippen molar-refractivity contribution in [2.24, 2.45) is 0 Å². The summed E-state index contributed by atoms with van der Waals surface area (Å²) in [5.41, 5.74) is 2.29. The Balaban J connectivity index is 1.63. The SMILES string of the molecule is Cc1cc(-c2ccc3sccc3c2O)nnc1N[C@H]1CCCC[C@@H]1O. The molecular formula is C19H21N3O2S. The molecule has 6 heteroatoms. The van der Waals surface area contributed by atoms with Gasteiger partial charge in [0.25, 0.3) is 0 Å². The number of nitrogens with zero attached hydrogens (tertiary/aromatic N) is 2. The molecule has 25 heavy (non-hydrogen) atoms. The number of phenols is 1. The Morgan fingerprint density at radius 2 is 2.00 bits per heavy atom. The number of nitrogens with one attached hydrogen (secondary N) is 1. The number of anilines is 1. The number of hydrogen-bond donors (Lipinski definition) is 3. The van der Waals surface area contributed by atoms with Crippen molar-refractivity contribution in [1.82, 2.24) is 10.2 Å². The van der Waals surface area contributed by atoms with Gasteiger partial charge in [-0.25, -0.2) is 0 Å². The van der Waals surface area contributed by atoms with Crippen LogP contribution in [0.15, 0.2) is 29.6 Å². The molecule has 0 radical (unpaired) electrons. The Kier molecular flexibility index (Phi) is 4.31. The van der Waals surface area contributed by atoms with E-state index in [1.54, 1.807) is 11.3 Å². The Morgan fingerprint density at radius 1 is 1.16 bits per heavy atom. The van der Waals surface area contributed by atoms with E-state index in [9.17, 15) is 10.2 Å². The lowest BCUT2D eigenvalue weighted by Gasteiger charge is -2.29. The first kappa shape index (κ1) is 16.3. The number of rotatable bonds is 3. The molecule has 4 rings (SSSR count). The van der Waals surface area contributed by atoms with Gasteiger partial charge in [0.05, 0.1) is 17.8 Å². The predicted molar refractivity (Wildman–Crippen MR) is 101 cm³/mol. The van der Waals surface area contributed by atoms with Crippen molar-refractivity contribution < 1.29 is 10.2 Å². The lowest BCUT2D eigenvalue weighted by Crippen LogP contribution is -2.36. The van der Waals surface area contributed by atoms with Crippen LogP contribution >= 0.6 is 11.3 Å². The van der Waals surface area contributed by atoms with E-state index in [-0.39, 0.29) is 17.9 Å². The van der Waals surface area contributed by atoms with E-state index < -0.39 is 0 Å². The normalized spacial score (nSPS) is 20.7. The largest absolute Gasteiger partial charge is 0.507 e. The molecule has 2 aromatic heterocycles. The monoisotopic (exact) mass is 355 g/mol. The van der Waals surface area contributed by atoms with Gasteiger partial charge in [-0.1, -0.05) is 12.8 Å². The zero-order valence-electron chi connectivity index (χ0n) is 14.1. The van der Waals surface area contributed by atoms with Gasteiger partial charge in [0.2, 0.25) is 0 Å². The van der Waals surface area contributed by atoms with Crippen molar-refractivity contribution in [3.05, 3.63) is 35.2 Å². The van der Waals surface area contributed by atoms with Gasteiger partial charge in [-0.15, -0.1) is 21.5 Å². The summed E-state index contributed by atoms with van der Waals surface area (Å²) >= 11 is 1.60. The third kappa shape index (κ3) is 3.07. The zero-order valence-corrected chi connectivity index (χ0v) is 14.9. The lowest BCUT2D eigenvalue weighted by molar-refractivity contribution is 0.116. The molecule has 2 heterocycles. The summed E-state index contributed by atoms with van der Waals surface area (Å²) in [7, 11) is 0. The minimum absolute atomic E-state index is 0.0307. The van der Waals surface area contributed by atoms with Gasteiger partial charge in [-0.3, -0.25) is 0 Å². The second kappa shape index (κ2) is 6.61. The van der Waals surface area contributed by atoms with Crippen LogP contribution in [0.1, 0.15) is 31.2 Å². The molecule has 0 aliphatic heterocycles. The van der Waals surface area contributed by atoms with Crippen LogP contribution in [0.5, 0.6) is 5.75 Å². The van der Waals surface area contributed by atoms with Crippen molar-refractivity contribution >= 4 is 27.2 Å². The Hall–Kier alpha value is -2.18. The first-order valence-electron chi connectivity index (χ1n) is 8.62. The maximum atomic E-state index is 10.5. The minimum atomic E-state index is -0.334. The number of aromatic hydroxyl groups is 1. The number of phenolic OH excluding ortho intramolecular Hbond substituents is 1. The number of aromatic nitrogens is 2. The van der Waals surface area contributed by atoms with E-state index in [0.29, 0.717) is 17.1 Å². The summed E-state index contributed by atoms with van der Waals surface area (Å²) in [6, 6.07) is 7.76. The molecule has 1 aliphatic carbocycles. The van der Waals surface area contributed by atoms with Gasteiger partial charge in [-0.2, -0.15) is 0 Å². The first-order valence-corrected chi connectivity index (χ1v) is 9.50. The molecule has 0 spiro atoms. The van der Waals surface area contributed by atoms with Crippen molar-refractivity contribution in [2.75, 3.05) is 5.32 Å². The topological polar surface area (TPSA) is 78.3 Å². The quantitative estimate of drug-likeness (QED) is 0.659. The molecule has 0 saturated heterocycles. The van der Waals surface area contributed by atoms with Gasteiger partial charge in [0.15, 0.2) is 5.82 Å². The van der Waals surface area contributed by atoms with Gasteiger partial charge in [0.1, 0.15) is 5.75 Å². The van der Waals surface area contributed by atoms with Crippen molar-refractivity contribution in [3.8, 4) is 17.0 Å². The first-order chi connectivity index (χ1) is 12.1. The van der Waals surface area contributed by atoms with Crippen molar-refractivity contribution in [3.63, 3.8) is 0 Å². The third-order valence-electron chi connectivity index (χ3n) is 4.92. The van der Waals surface area contributed by atoms with Crippen LogP contribution in [0.2, 0.25) is 0 Å². The van der Waals surface area contributed by atoms with Crippen molar-refractivity contribution in [1.29, 1.82) is 0 Å². The second-order valence-corrected chi connectivity index (χ2v) is 7.61. The van der Waals surface area contributed by atoms with Gasteiger partial charge in [-0.05, 0) is 55.0 Å². The van der Waals surface area contributed by atoms with E-state index in [4.69, 9.17) is 0 Å². The Morgan fingerprint density at radius 3 is 2.80 bits per heavy atom. The maximum absolute atomic E-state index is 10.5. The standard InChI is InChI=1S/C19H21N3O2S/c1-11-10-15(12-6-7-17-13(18(12)24)8-9-25-17)21-22-19(11)20-14-4-2-3-5-16(14)23/h6-10,14,16,23-24H,2-5H2,1H3,(H,20,22)/t14-,16-/m0/s1. The smallest absolute Gasteiger partial charge is 0.151 e. The molecule has 3 aromatic rings. The Labute approximate surface area is 150 Å². The van der Waals surface area contributed by atoms with Crippen LogP contribution in [-0.2, 0) is 0 Å². The molecule has 1 saturated carbocycles. The highest BCUT2D eigenvalue weighted by atomic mass is 32.1. The highest BCUT2D eigenvalue weighted by molar-refractivity contribution is 7.17. The fraction of sp³-hybridized carbons (Fsp3) is 0.368. The predicted octanol–water partition coefficient (Wildman–Crippen LogP) is 4.09. The average Bonchev–Trinajstić information content (AvgIpc) is 3.09. The maximum Gasteiger partial charge on any atom is 0.151 e. The number of aryl methyl sites for hydroxylation is 1. The number of aliphatic hydroxyl groups excluding tert-OH is 1. The van der Waals surface area contributed by atoms with Crippen LogP contribution in [0.25, 0.3) is 21.3 Å². The fourth-order valence-corrected chi connectivity index (χ4v) is 4.24. The van der Waals surface area contributed by atoms with E-state index in [0.717, 1.165) is 41.3 Å². The lowest BCUT2D eigenvalue weighted by atomic mass is 9.92. The van der Waals surface area contributed by atoms with E-state index in [1.165, 1.54) is 0 Å². The van der Waals surface area contributed by atoms with E-state index >= 15 is 0 Å². The van der Waals surface area contributed by atoms with Gasteiger partial charge < -0.3 is 15.5 Å². The van der Waals surface area contributed by atoms with Crippen LogP contribution in [0.4, 0.5) is 5.82 Å². The van der Waals surface area contributed by atoms with Crippen molar-refractivity contribution in [2.45, 2.75) is 44.8 Å². The molecule has 1 aromatic carbocycles. The van der Waals surface area contributed by atoms with E-state index in [1.807, 2.05) is 36.6 Å². The van der Waals surface area contributed by atoms with Gasteiger partial charge >= 0.3 is 0 Å². The van der Waals surface area contributed by atoms with Gasteiger partial charge in [0, 0.05) is 15.6 Å². The van der Waals surface area contributed by atoms with Crippen LogP contribution in [-0.4, -0.2) is 32.6 Å². The molecule has 130 valence electrons. The molecule has 0 amide bonds. The van der Waals surface area contributed by atoms with Crippen LogP contribution in [0, 0.1) is 6.92 Å². The summed E-state index contributed by atoms with van der Waals surface area (Å²) in [4.78, 5) is 0. The number of thiophene rings is 1. The highest BCUT2D eigenvalue weighted by Crippen LogP contribution is 2.37. The molecular weight excluding hydrogens is 334 g/mol. The van der Waals surface area contributed by atoms with Crippen LogP contribution in [0.3, 0.4) is 0 Å². The number of hydrogen-bond acceptors (Lipinski definition) is 6. The van der Waals surface area contributed by atoms with Crippen LogP contribution < -0.4 is 5.32 Å². The molecule has 1 fully saturated rings. The summed E-state index contributed by atoms with van der Waals surface area (Å²) in [5, 5.41) is 35.4. The molecule has 3 N–H and O–H groups in total. The average molecular weight is 355 g/mol. The molecule has 1 aliphatic rings. The summed E-state index contributed by atoms with van der Waals surface area (Å²) in [6.45, 7) is 1.97. The molecule has 5 nitrogen and oxygen atoms in total. The minimum Gasteiger partial charge on any atom is -0.507 e. The highest BCUT2D eigenvalue weighted by Gasteiger charge is 2.24. The Bertz CT molecular complexity index is 909. The number of aliphatic hydroxyl groups is 1. The fourth-order valence-electron chi connectivity index (χ4n) is 3.45. The molecule has 0 bridgehead atoms. The molecule has 0 unspecified atom stereocenters. The second-order valence-electron chi connectivity index (χ2n) is 6.66.